The molecule has 132 valence electrons. The summed E-state index contributed by atoms with van der Waals surface area (Å²) in [4.78, 5) is 14.4. The van der Waals surface area contributed by atoms with Crippen molar-refractivity contribution in [1.82, 2.24) is 10.2 Å². The Morgan fingerprint density at radius 1 is 1.38 bits per heavy atom. The number of amides is 2. The van der Waals surface area contributed by atoms with Crippen LogP contribution in [0.5, 0.6) is 0 Å². The highest BCUT2D eigenvalue weighted by atomic mass is 16.5. The Bertz CT molecular complexity index is 553. The summed E-state index contributed by atoms with van der Waals surface area (Å²) in [5, 5.41) is 13.3. The van der Waals surface area contributed by atoms with E-state index in [1.54, 1.807) is 0 Å². The van der Waals surface area contributed by atoms with Gasteiger partial charge in [0.05, 0.1) is 18.2 Å². The molecule has 0 aromatic heterocycles. The molecule has 1 saturated heterocycles. The molecular weight excluding hydrogens is 304 g/mol. The average molecular weight is 332 g/mol. The normalized spacial score (nSPS) is 26.7. The number of likely N-dealkylation sites (tertiary alicyclic amines) is 1. The lowest BCUT2D eigenvalue weighted by Gasteiger charge is -2.56. The first kappa shape index (κ1) is 17.2. The number of piperidine rings is 1. The van der Waals surface area contributed by atoms with Gasteiger partial charge in [0.15, 0.2) is 0 Å². The molecule has 1 heterocycles. The quantitative estimate of drug-likeness (QED) is 0.891. The third-order valence-corrected chi connectivity index (χ3v) is 5.73. The van der Waals surface area contributed by atoms with Crippen molar-refractivity contribution in [3.05, 3.63) is 35.9 Å². The fourth-order valence-electron chi connectivity index (χ4n) is 4.04. The Morgan fingerprint density at radius 3 is 2.62 bits per heavy atom. The van der Waals surface area contributed by atoms with E-state index in [2.05, 4.69) is 5.32 Å². The number of nitrogens with zero attached hydrogens (tertiary/aromatic N) is 1. The van der Waals surface area contributed by atoms with Crippen molar-refractivity contribution in [1.29, 1.82) is 0 Å². The summed E-state index contributed by atoms with van der Waals surface area (Å²) in [5.74, 6) is 0. The predicted octanol–water partition coefficient (Wildman–Crippen LogP) is 2.71. The van der Waals surface area contributed by atoms with E-state index in [1.165, 1.54) is 0 Å². The predicted molar refractivity (Wildman–Crippen MR) is 92.7 cm³/mol. The van der Waals surface area contributed by atoms with Crippen molar-refractivity contribution in [2.24, 2.45) is 5.41 Å². The van der Waals surface area contributed by atoms with Gasteiger partial charge in [0.1, 0.15) is 0 Å². The van der Waals surface area contributed by atoms with Crippen molar-refractivity contribution in [3.63, 3.8) is 0 Å². The van der Waals surface area contributed by atoms with Crippen LogP contribution in [0.3, 0.4) is 0 Å². The molecule has 1 aliphatic heterocycles. The molecule has 0 bridgehead atoms. The van der Waals surface area contributed by atoms with Crippen LogP contribution in [0.25, 0.3) is 0 Å². The lowest BCUT2D eigenvalue weighted by Crippen LogP contribution is -2.63. The largest absolute Gasteiger partial charge is 0.392 e. The van der Waals surface area contributed by atoms with Gasteiger partial charge < -0.3 is 20.1 Å². The summed E-state index contributed by atoms with van der Waals surface area (Å²) in [6.45, 7) is 6.02. The van der Waals surface area contributed by atoms with E-state index in [0.717, 1.165) is 24.8 Å². The molecule has 3 rings (SSSR count). The first-order valence-electron chi connectivity index (χ1n) is 8.97. The number of nitrogens with one attached hydrogen (secondary N) is 1. The molecule has 2 fully saturated rings. The molecule has 2 aliphatic rings. The number of aliphatic hydroxyl groups excluding tert-OH is 1. The van der Waals surface area contributed by atoms with Crippen LogP contribution >= 0.6 is 0 Å². The number of aliphatic hydroxyl groups is 1. The minimum atomic E-state index is -0.289. The van der Waals surface area contributed by atoms with Crippen molar-refractivity contribution >= 4 is 6.03 Å². The second kappa shape index (κ2) is 7.11. The Hall–Kier alpha value is -1.59. The first-order valence-corrected chi connectivity index (χ1v) is 8.97. The average Bonchev–Trinajstić information content (AvgIpc) is 2.62. The molecule has 1 aliphatic carbocycles. The van der Waals surface area contributed by atoms with E-state index in [4.69, 9.17) is 4.74 Å². The van der Waals surface area contributed by atoms with E-state index >= 15 is 0 Å². The molecule has 1 aromatic rings. The topological polar surface area (TPSA) is 61.8 Å². The highest BCUT2D eigenvalue weighted by Crippen LogP contribution is 2.50. The van der Waals surface area contributed by atoms with E-state index in [1.807, 2.05) is 49.1 Å². The maximum Gasteiger partial charge on any atom is 0.317 e. The second-order valence-corrected chi connectivity index (χ2v) is 7.00. The standard InChI is InChI=1S/C19H28N2O3/c1-3-24-17-13-16(22)19(17)9-11-21(12-10-19)18(23)20-14(2)15-7-5-4-6-8-15/h4-8,14,16-17,22H,3,9-13H2,1-2H3,(H,20,23)/t14-,16+,17-/m0/s1. The van der Waals surface area contributed by atoms with Crippen LogP contribution in [0.2, 0.25) is 0 Å². The third-order valence-electron chi connectivity index (χ3n) is 5.73. The lowest BCUT2D eigenvalue weighted by molar-refractivity contribution is -0.207. The van der Waals surface area contributed by atoms with Gasteiger partial charge in [-0.25, -0.2) is 4.79 Å². The van der Waals surface area contributed by atoms with Crippen molar-refractivity contribution in [2.45, 2.75) is 51.4 Å². The molecular formula is C19H28N2O3. The Morgan fingerprint density at radius 2 is 2.04 bits per heavy atom. The number of carbonyl (C=O) groups is 1. The fraction of sp³-hybridized carbons (Fsp3) is 0.632. The maximum absolute atomic E-state index is 12.5. The SMILES string of the molecule is CCO[C@H]1C[C@@H](O)C12CCN(C(=O)N[C@@H](C)c1ccccc1)CC2. The highest BCUT2D eigenvalue weighted by Gasteiger charge is 2.56. The van der Waals surface area contributed by atoms with E-state index < -0.39 is 0 Å². The van der Waals surface area contributed by atoms with E-state index in [0.29, 0.717) is 19.7 Å². The zero-order chi connectivity index (χ0) is 17.2. The molecule has 5 heteroatoms. The lowest BCUT2D eigenvalue weighted by atomic mass is 9.58. The number of ether oxygens (including phenoxy) is 1. The molecule has 0 radical (unpaired) electrons. The van der Waals surface area contributed by atoms with Gasteiger partial charge in [-0.15, -0.1) is 0 Å². The van der Waals surface area contributed by atoms with E-state index in [-0.39, 0.29) is 29.7 Å². The number of carbonyl (C=O) groups excluding carboxylic acids is 1. The van der Waals surface area contributed by atoms with Crippen molar-refractivity contribution < 1.29 is 14.6 Å². The molecule has 0 unspecified atom stereocenters. The third kappa shape index (κ3) is 3.15. The zero-order valence-electron chi connectivity index (χ0n) is 14.6. The van der Waals surface area contributed by atoms with Crippen LogP contribution in [0.4, 0.5) is 4.79 Å². The Kier molecular flexibility index (Phi) is 5.11. The van der Waals surface area contributed by atoms with Gasteiger partial charge >= 0.3 is 6.03 Å². The van der Waals surface area contributed by atoms with Crippen molar-refractivity contribution in [2.75, 3.05) is 19.7 Å². The number of hydrogen-bond acceptors (Lipinski definition) is 3. The van der Waals surface area contributed by atoms with Gasteiger partial charge in [-0.2, -0.15) is 0 Å². The van der Waals surface area contributed by atoms with Crippen LogP contribution in [-0.4, -0.2) is 47.9 Å². The summed E-state index contributed by atoms with van der Waals surface area (Å²) in [6, 6.07) is 9.94. The summed E-state index contributed by atoms with van der Waals surface area (Å²) >= 11 is 0. The van der Waals surface area contributed by atoms with Crippen LogP contribution in [0.1, 0.15) is 44.7 Å². The van der Waals surface area contributed by atoms with Gasteiger partial charge in [-0.1, -0.05) is 30.3 Å². The smallest absolute Gasteiger partial charge is 0.317 e. The van der Waals surface area contributed by atoms with Gasteiger partial charge in [-0.05, 0) is 32.3 Å². The minimum absolute atomic E-state index is 0.0138. The molecule has 1 saturated carbocycles. The first-order chi connectivity index (χ1) is 11.6. The molecule has 5 nitrogen and oxygen atoms in total. The van der Waals surface area contributed by atoms with Gasteiger partial charge in [0.2, 0.25) is 0 Å². The fourth-order valence-corrected chi connectivity index (χ4v) is 4.04. The molecule has 1 spiro atoms. The molecule has 24 heavy (non-hydrogen) atoms. The van der Waals surface area contributed by atoms with Gasteiger partial charge in [0.25, 0.3) is 0 Å². The zero-order valence-corrected chi connectivity index (χ0v) is 14.6. The van der Waals surface area contributed by atoms with Crippen molar-refractivity contribution in [3.8, 4) is 0 Å². The van der Waals surface area contributed by atoms with Crippen LogP contribution < -0.4 is 5.32 Å². The van der Waals surface area contributed by atoms with Crippen LogP contribution in [0, 0.1) is 5.41 Å². The Labute approximate surface area is 144 Å². The molecule has 3 atom stereocenters. The van der Waals surface area contributed by atoms with Gasteiger partial charge in [0, 0.05) is 31.5 Å². The maximum atomic E-state index is 12.5. The molecule has 1 aromatic carbocycles. The number of hydrogen-bond donors (Lipinski definition) is 2. The number of benzene rings is 1. The number of rotatable bonds is 4. The minimum Gasteiger partial charge on any atom is -0.392 e. The summed E-state index contributed by atoms with van der Waals surface area (Å²) in [6.07, 6.45) is 2.21. The van der Waals surface area contributed by atoms with E-state index in [9.17, 15) is 9.90 Å². The Balaban J connectivity index is 1.54. The highest BCUT2D eigenvalue weighted by molar-refractivity contribution is 5.74. The van der Waals surface area contributed by atoms with Crippen LogP contribution in [0.15, 0.2) is 30.3 Å². The summed E-state index contributed by atoms with van der Waals surface area (Å²) < 4.78 is 5.78. The molecule has 2 amide bonds. The molecule has 2 N–H and O–H groups in total. The summed E-state index contributed by atoms with van der Waals surface area (Å²) in [7, 11) is 0. The monoisotopic (exact) mass is 332 g/mol. The number of urea groups is 1. The summed E-state index contributed by atoms with van der Waals surface area (Å²) in [5.41, 5.74) is 0.961. The second-order valence-electron chi connectivity index (χ2n) is 7.00. The van der Waals surface area contributed by atoms with Crippen LogP contribution in [-0.2, 0) is 4.74 Å². The van der Waals surface area contributed by atoms with Gasteiger partial charge in [-0.3, -0.25) is 0 Å².